The fourth-order valence-electron chi connectivity index (χ4n) is 0.492. The summed E-state index contributed by atoms with van der Waals surface area (Å²) >= 11 is -0.160. The molecule has 0 unspecified atom stereocenters. The van der Waals surface area contributed by atoms with E-state index in [2.05, 4.69) is 18.3 Å². The van der Waals surface area contributed by atoms with Gasteiger partial charge in [0.1, 0.15) is 0 Å². The van der Waals surface area contributed by atoms with E-state index in [1.807, 2.05) is 0 Å². The Morgan fingerprint density at radius 1 is 1.70 bits per heavy atom. The molecule has 5 heteroatoms. The number of rotatable bonds is 1. The molecule has 0 saturated heterocycles. The molecule has 0 radical (unpaired) electrons. The predicted molar refractivity (Wildman–Crippen MR) is 40.8 cm³/mol. The Balaban J connectivity index is 3.09. The van der Waals surface area contributed by atoms with Crippen molar-refractivity contribution in [3.05, 3.63) is 12.5 Å². The van der Waals surface area contributed by atoms with E-state index in [4.69, 9.17) is 13.6 Å². The zero-order valence-electron chi connectivity index (χ0n) is 5.64. The van der Waals surface area contributed by atoms with E-state index in [0.717, 1.165) is 5.63 Å². The Labute approximate surface area is 72.3 Å². The molecule has 0 bridgehead atoms. The molecule has 1 heterocycles. The maximum absolute atomic E-state index is 5.83. The predicted octanol–water partition coefficient (Wildman–Crippen LogP) is 1.73. The van der Waals surface area contributed by atoms with Crippen molar-refractivity contribution in [2.45, 2.75) is 0 Å². The van der Waals surface area contributed by atoms with Gasteiger partial charge in [0.25, 0.3) is 0 Å². The molecule has 0 fully saturated rings. The molecule has 0 N–H and O–H groups in total. The van der Waals surface area contributed by atoms with E-state index in [-0.39, 0.29) is 17.6 Å². The van der Waals surface area contributed by atoms with Crippen LogP contribution < -0.4 is 5.63 Å². The van der Waals surface area contributed by atoms with Crippen molar-refractivity contribution in [2.75, 3.05) is 13.3 Å². The van der Waals surface area contributed by atoms with E-state index < -0.39 is 4.69 Å². The Hall–Kier alpha value is 0.670. The summed E-state index contributed by atoms with van der Waals surface area (Å²) in [5.41, 5.74) is 0.851. The Kier molecular flexibility index (Phi) is 2.96. The normalized spacial score (nSPS) is 12.3. The number of hydrogen-bond donors (Lipinski definition) is 0. The molecule has 0 aromatic carbocycles. The molecule has 0 atom stereocenters. The van der Waals surface area contributed by atoms with Crippen LogP contribution in [0.3, 0.4) is 0 Å². The van der Waals surface area contributed by atoms with Crippen molar-refractivity contribution in [3.63, 3.8) is 0 Å². The summed E-state index contributed by atoms with van der Waals surface area (Å²) in [6.07, 6.45) is 3.27. The molecular weight excluding hydrogens is 353 g/mol. The molecule has 1 aromatic heterocycles. The van der Waals surface area contributed by atoms with Crippen LogP contribution in [0.1, 0.15) is 0 Å². The van der Waals surface area contributed by atoms with Crippen LogP contribution in [-0.2, 0) is 17.6 Å². The Morgan fingerprint density at radius 3 is 2.80 bits per heavy atom. The molecule has 0 spiro atoms. The van der Waals surface area contributed by atoms with Crippen molar-refractivity contribution in [1.82, 2.24) is 4.98 Å². The summed E-state index contributed by atoms with van der Waals surface area (Å²) in [4.78, 5) is 4.08. The molecule has 1 rings (SSSR count). The summed E-state index contributed by atoms with van der Waals surface area (Å²) in [6.45, 7) is 4.29. The van der Waals surface area contributed by atoms with Crippen LogP contribution in [0, 0.1) is 0 Å². The molecule has 62 valence electrons. The van der Waals surface area contributed by atoms with Crippen LogP contribution in [0.25, 0.3) is 0 Å². The van der Waals surface area contributed by atoms with Crippen LogP contribution in [0.4, 0.5) is 0 Å². The third-order valence-corrected chi connectivity index (χ3v) is 12.6. The molecular formula is C5H8AuClNOP. The average Bonchev–Trinajstić information content (AvgIpc) is 2.38. The first-order chi connectivity index (χ1) is 4.67. The van der Waals surface area contributed by atoms with Crippen molar-refractivity contribution in [1.29, 1.82) is 0 Å². The molecule has 0 saturated carbocycles. The van der Waals surface area contributed by atoms with E-state index >= 15 is 0 Å². The van der Waals surface area contributed by atoms with Gasteiger partial charge in [-0.2, -0.15) is 0 Å². The van der Waals surface area contributed by atoms with E-state index in [9.17, 15) is 0 Å². The van der Waals surface area contributed by atoms with Gasteiger partial charge in [0.05, 0.1) is 0 Å². The van der Waals surface area contributed by atoms with Crippen molar-refractivity contribution < 1.29 is 22.1 Å². The minimum atomic E-state index is -1.14. The number of nitrogens with zero attached hydrogens (tertiary/aromatic N) is 1. The van der Waals surface area contributed by atoms with E-state index in [0.29, 0.717) is 0 Å². The quantitative estimate of drug-likeness (QED) is 0.562. The van der Waals surface area contributed by atoms with Crippen molar-refractivity contribution >= 4 is 19.5 Å². The van der Waals surface area contributed by atoms with Crippen molar-refractivity contribution in [2.24, 2.45) is 0 Å². The standard InChI is InChI=1S/C5H8NOP.Au.ClH/c1-8(2)5-6-3-4-7-5;;/h3-4H,1-2H3;;1H/q;+1;/p-1. The second-order valence-corrected chi connectivity index (χ2v) is 15.9. The summed E-state index contributed by atoms with van der Waals surface area (Å²) in [5, 5.41) is 0. The van der Waals surface area contributed by atoms with Gasteiger partial charge in [-0.15, -0.1) is 0 Å². The first-order valence-corrected chi connectivity index (χ1v) is 10.7. The van der Waals surface area contributed by atoms with Gasteiger partial charge in [-0.1, -0.05) is 0 Å². The van der Waals surface area contributed by atoms with E-state index in [1.165, 1.54) is 0 Å². The molecule has 1 aromatic rings. The van der Waals surface area contributed by atoms with Crippen LogP contribution in [-0.4, -0.2) is 18.3 Å². The molecule has 2 nitrogen and oxygen atoms in total. The average molecular weight is 362 g/mol. The summed E-state index contributed by atoms with van der Waals surface area (Å²) in [5.74, 6) is 0. The molecule has 0 amide bonds. The van der Waals surface area contributed by atoms with Gasteiger partial charge in [-0.05, 0) is 0 Å². The minimum absolute atomic E-state index is 0.160. The first-order valence-electron chi connectivity index (χ1n) is 2.62. The van der Waals surface area contributed by atoms with Gasteiger partial charge in [-0.3, -0.25) is 0 Å². The third kappa shape index (κ3) is 1.84. The second-order valence-electron chi connectivity index (χ2n) is 2.10. The van der Waals surface area contributed by atoms with Gasteiger partial charge in [0, 0.05) is 0 Å². The van der Waals surface area contributed by atoms with Gasteiger partial charge in [0.2, 0.25) is 0 Å². The Morgan fingerprint density at radius 2 is 2.40 bits per heavy atom. The van der Waals surface area contributed by atoms with Crippen LogP contribution in [0.5, 0.6) is 0 Å². The zero-order valence-corrected chi connectivity index (χ0v) is 9.45. The zero-order chi connectivity index (χ0) is 7.61. The summed E-state index contributed by atoms with van der Waals surface area (Å²) < 4.78 is 4.02. The van der Waals surface area contributed by atoms with E-state index in [1.54, 1.807) is 12.5 Å². The fraction of sp³-hybridized carbons (Fsp3) is 0.400. The monoisotopic (exact) mass is 361 g/mol. The second kappa shape index (κ2) is 3.38. The van der Waals surface area contributed by atoms with Crippen LogP contribution in [0.15, 0.2) is 16.9 Å². The number of hydrogen-bond acceptors (Lipinski definition) is 2. The van der Waals surface area contributed by atoms with Gasteiger partial charge >= 0.3 is 72.3 Å². The molecule has 0 aliphatic heterocycles. The topological polar surface area (TPSA) is 26.0 Å². The molecule has 0 aliphatic carbocycles. The maximum atomic E-state index is 5.83. The Bertz CT molecular complexity index is 253. The number of oxazole rings is 1. The van der Waals surface area contributed by atoms with Crippen LogP contribution >= 0.6 is 13.9 Å². The van der Waals surface area contributed by atoms with Crippen LogP contribution in [0.2, 0.25) is 0 Å². The third-order valence-electron chi connectivity index (χ3n) is 0.987. The fourth-order valence-corrected chi connectivity index (χ4v) is 3.43. The van der Waals surface area contributed by atoms with Gasteiger partial charge in [-0.25, -0.2) is 0 Å². The van der Waals surface area contributed by atoms with Gasteiger partial charge < -0.3 is 0 Å². The number of aromatic nitrogens is 1. The summed E-state index contributed by atoms with van der Waals surface area (Å²) in [6, 6.07) is 0. The number of halogens is 1. The van der Waals surface area contributed by atoms with Gasteiger partial charge in [0.15, 0.2) is 0 Å². The molecule has 0 aliphatic rings. The SMILES string of the molecule is C[P](C)(=[Au][Cl])c1ncco1. The molecule has 10 heavy (non-hydrogen) atoms. The first kappa shape index (κ1) is 8.76. The summed E-state index contributed by atoms with van der Waals surface area (Å²) in [7, 11) is 5.83. The van der Waals surface area contributed by atoms with Crippen molar-refractivity contribution in [3.8, 4) is 0 Å².